The highest BCUT2D eigenvalue weighted by Crippen LogP contribution is 2.24. The van der Waals surface area contributed by atoms with Gasteiger partial charge in [-0.2, -0.15) is 5.10 Å². The molecule has 0 unspecified atom stereocenters. The van der Waals surface area contributed by atoms with Crippen molar-refractivity contribution in [2.45, 2.75) is 6.54 Å². The smallest absolute Gasteiger partial charge is 0.0566 e. The molecule has 1 heterocycles. The number of aromatic nitrogens is 1. The molecule has 1 aromatic heterocycles. The maximum Gasteiger partial charge on any atom is 0.0566 e. The molecule has 3 heteroatoms. The zero-order chi connectivity index (χ0) is 19.5. The summed E-state index contributed by atoms with van der Waals surface area (Å²) < 4.78 is 2.31. The largest absolute Gasteiger partial charge is 0.342 e. The molecule has 0 aliphatic rings. The number of nitrogens with zero attached hydrogens (tertiary/aromatic N) is 2. The molecule has 0 radical (unpaired) electrons. The SMILES string of the molecule is C(=N\Nc1ccccc1)/c1cn(Cc2cccc3ccccc23)c2ccccc12. The van der Waals surface area contributed by atoms with Crippen molar-refractivity contribution in [3.63, 3.8) is 0 Å². The highest BCUT2D eigenvalue weighted by molar-refractivity contribution is 5.99. The van der Waals surface area contributed by atoms with Gasteiger partial charge in [-0.3, -0.25) is 5.43 Å². The summed E-state index contributed by atoms with van der Waals surface area (Å²) in [6.45, 7) is 0.821. The zero-order valence-electron chi connectivity index (χ0n) is 16.0. The fourth-order valence-electron chi connectivity index (χ4n) is 3.81. The van der Waals surface area contributed by atoms with Crippen molar-refractivity contribution in [1.29, 1.82) is 0 Å². The molecule has 140 valence electrons. The lowest BCUT2D eigenvalue weighted by molar-refractivity contribution is 0.842. The van der Waals surface area contributed by atoms with Gasteiger partial charge in [0, 0.05) is 29.2 Å². The van der Waals surface area contributed by atoms with E-state index in [0.29, 0.717) is 0 Å². The van der Waals surface area contributed by atoms with Gasteiger partial charge >= 0.3 is 0 Å². The topological polar surface area (TPSA) is 29.3 Å². The van der Waals surface area contributed by atoms with Gasteiger partial charge < -0.3 is 4.57 Å². The van der Waals surface area contributed by atoms with Crippen molar-refractivity contribution in [3.05, 3.63) is 114 Å². The molecule has 3 nitrogen and oxygen atoms in total. The predicted molar refractivity (Wildman–Crippen MR) is 123 cm³/mol. The van der Waals surface area contributed by atoms with E-state index in [0.717, 1.165) is 17.8 Å². The van der Waals surface area contributed by atoms with Gasteiger partial charge in [0.05, 0.1) is 11.9 Å². The van der Waals surface area contributed by atoms with Crippen LogP contribution in [0.1, 0.15) is 11.1 Å². The molecule has 5 aromatic rings. The first-order valence-electron chi connectivity index (χ1n) is 9.77. The van der Waals surface area contributed by atoms with Crippen molar-refractivity contribution in [2.75, 3.05) is 5.43 Å². The van der Waals surface area contributed by atoms with Crippen LogP contribution in [0.2, 0.25) is 0 Å². The molecule has 0 aliphatic carbocycles. The van der Waals surface area contributed by atoms with Gasteiger partial charge in [-0.25, -0.2) is 0 Å². The lowest BCUT2D eigenvalue weighted by Gasteiger charge is -2.09. The first-order chi connectivity index (χ1) is 14.4. The lowest BCUT2D eigenvalue weighted by atomic mass is 10.0. The Morgan fingerprint density at radius 1 is 0.724 bits per heavy atom. The van der Waals surface area contributed by atoms with Crippen molar-refractivity contribution in [2.24, 2.45) is 5.10 Å². The van der Waals surface area contributed by atoms with E-state index in [4.69, 9.17) is 0 Å². The number of hydrazone groups is 1. The van der Waals surface area contributed by atoms with Crippen molar-refractivity contribution in [3.8, 4) is 0 Å². The quantitative estimate of drug-likeness (QED) is 0.284. The minimum absolute atomic E-state index is 0.821. The molecule has 1 N–H and O–H groups in total. The number of para-hydroxylation sites is 2. The average molecular weight is 375 g/mol. The van der Waals surface area contributed by atoms with Crippen LogP contribution in [-0.4, -0.2) is 10.8 Å². The van der Waals surface area contributed by atoms with E-state index in [1.54, 1.807) is 0 Å². The third-order valence-corrected chi connectivity index (χ3v) is 5.21. The Labute approximate surface area is 169 Å². The molecular weight excluding hydrogens is 354 g/mol. The van der Waals surface area contributed by atoms with Crippen molar-refractivity contribution in [1.82, 2.24) is 4.57 Å². The van der Waals surface area contributed by atoms with Gasteiger partial charge in [0.25, 0.3) is 0 Å². The summed E-state index contributed by atoms with van der Waals surface area (Å²) in [6, 6.07) is 33.5. The number of hydrogen-bond acceptors (Lipinski definition) is 2. The normalized spacial score (nSPS) is 11.4. The van der Waals surface area contributed by atoms with Crippen molar-refractivity contribution >= 4 is 33.6 Å². The number of benzene rings is 4. The second-order valence-corrected chi connectivity index (χ2v) is 7.10. The van der Waals surface area contributed by atoms with E-state index in [1.165, 1.54) is 27.2 Å². The van der Waals surface area contributed by atoms with Gasteiger partial charge in [-0.05, 0) is 34.5 Å². The molecule has 0 aliphatic heterocycles. The Balaban J connectivity index is 1.50. The van der Waals surface area contributed by atoms with Crippen LogP contribution in [0.15, 0.2) is 108 Å². The first-order valence-corrected chi connectivity index (χ1v) is 9.77. The minimum atomic E-state index is 0.821. The second kappa shape index (κ2) is 7.64. The number of nitrogens with one attached hydrogen (secondary N) is 1. The lowest BCUT2D eigenvalue weighted by Crippen LogP contribution is -1.98. The average Bonchev–Trinajstić information content (AvgIpc) is 3.12. The maximum absolute atomic E-state index is 4.44. The van der Waals surface area contributed by atoms with E-state index >= 15 is 0 Å². The summed E-state index contributed by atoms with van der Waals surface area (Å²) in [5.41, 5.74) is 7.70. The van der Waals surface area contributed by atoms with Gasteiger partial charge in [0.15, 0.2) is 0 Å². The zero-order valence-corrected chi connectivity index (χ0v) is 16.0. The Kier molecular flexibility index (Phi) is 4.55. The van der Waals surface area contributed by atoms with Crippen LogP contribution in [0.4, 0.5) is 5.69 Å². The van der Waals surface area contributed by atoms with E-state index in [1.807, 2.05) is 36.5 Å². The summed E-state index contributed by atoms with van der Waals surface area (Å²) in [7, 11) is 0. The molecule has 0 fully saturated rings. The van der Waals surface area contributed by atoms with Gasteiger partial charge in [-0.1, -0.05) is 78.9 Å². The summed E-state index contributed by atoms with van der Waals surface area (Å²) >= 11 is 0. The van der Waals surface area contributed by atoms with Crippen molar-refractivity contribution < 1.29 is 0 Å². The van der Waals surface area contributed by atoms with Gasteiger partial charge in [0.2, 0.25) is 0 Å². The molecule has 0 saturated heterocycles. The van der Waals surface area contributed by atoms with E-state index in [2.05, 4.69) is 88.0 Å². The molecular formula is C26H21N3. The Hall–Kier alpha value is -3.85. The number of fused-ring (bicyclic) bond motifs is 2. The van der Waals surface area contributed by atoms with E-state index in [9.17, 15) is 0 Å². The number of rotatable bonds is 5. The molecule has 29 heavy (non-hydrogen) atoms. The van der Waals surface area contributed by atoms with Crippen LogP contribution in [0.25, 0.3) is 21.7 Å². The Morgan fingerprint density at radius 3 is 2.34 bits per heavy atom. The van der Waals surface area contributed by atoms with E-state index < -0.39 is 0 Å². The number of anilines is 1. The standard InChI is InChI=1S/C26H21N3/c1-2-12-23(13-3-1)28-27-17-22-19-29(26-16-7-6-15-25(22)26)18-21-11-8-10-20-9-4-5-14-24(20)21/h1-17,19,28H,18H2/b27-17+. The highest BCUT2D eigenvalue weighted by Gasteiger charge is 2.08. The van der Waals surface area contributed by atoms with Crippen LogP contribution in [0, 0.1) is 0 Å². The third-order valence-electron chi connectivity index (χ3n) is 5.21. The monoisotopic (exact) mass is 375 g/mol. The first kappa shape index (κ1) is 17.3. The third kappa shape index (κ3) is 3.50. The maximum atomic E-state index is 4.44. The molecule has 0 spiro atoms. The molecule has 5 rings (SSSR count). The Bertz CT molecular complexity index is 1290. The van der Waals surface area contributed by atoms with Crippen LogP contribution in [0.5, 0.6) is 0 Å². The summed E-state index contributed by atoms with van der Waals surface area (Å²) in [4.78, 5) is 0. The summed E-state index contributed by atoms with van der Waals surface area (Å²) in [6.07, 6.45) is 4.08. The highest BCUT2D eigenvalue weighted by atomic mass is 15.3. The minimum Gasteiger partial charge on any atom is -0.342 e. The predicted octanol–water partition coefficient (Wildman–Crippen LogP) is 6.29. The molecule has 0 saturated carbocycles. The molecule has 0 atom stereocenters. The van der Waals surface area contributed by atoms with Crippen LogP contribution >= 0.6 is 0 Å². The fourth-order valence-corrected chi connectivity index (χ4v) is 3.81. The van der Waals surface area contributed by atoms with Crippen LogP contribution < -0.4 is 5.43 Å². The molecule has 4 aromatic carbocycles. The molecule has 0 bridgehead atoms. The van der Waals surface area contributed by atoms with Crippen LogP contribution in [0.3, 0.4) is 0 Å². The summed E-state index contributed by atoms with van der Waals surface area (Å²) in [5.74, 6) is 0. The Morgan fingerprint density at radius 2 is 1.45 bits per heavy atom. The van der Waals surface area contributed by atoms with Gasteiger partial charge in [0.1, 0.15) is 0 Å². The molecule has 0 amide bonds. The van der Waals surface area contributed by atoms with Gasteiger partial charge in [-0.15, -0.1) is 0 Å². The second-order valence-electron chi connectivity index (χ2n) is 7.10. The fraction of sp³-hybridized carbons (Fsp3) is 0.0385. The number of hydrogen-bond donors (Lipinski definition) is 1. The summed E-state index contributed by atoms with van der Waals surface area (Å²) in [5, 5.41) is 8.22. The van der Waals surface area contributed by atoms with E-state index in [-0.39, 0.29) is 0 Å². The van der Waals surface area contributed by atoms with Crippen LogP contribution in [-0.2, 0) is 6.54 Å².